The highest BCUT2D eigenvalue weighted by Gasteiger charge is 2.16. The molecule has 0 aliphatic heterocycles. The minimum Gasteiger partial charge on any atom is -0.319 e. The summed E-state index contributed by atoms with van der Waals surface area (Å²) in [5.74, 6) is -0.0215. The number of benzene rings is 1. The lowest BCUT2D eigenvalue weighted by Crippen LogP contribution is -2.21. The molecule has 9 heteroatoms. The van der Waals surface area contributed by atoms with Gasteiger partial charge < -0.3 is 5.32 Å². The van der Waals surface area contributed by atoms with E-state index in [4.69, 9.17) is 0 Å². The number of aromatic nitrogens is 6. The molecule has 3 heterocycles. The van der Waals surface area contributed by atoms with Crippen LogP contribution in [0.5, 0.6) is 0 Å². The minimum atomic E-state index is -0.433. The summed E-state index contributed by atoms with van der Waals surface area (Å²) in [6.45, 7) is 0. The van der Waals surface area contributed by atoms with Crippen LogP contribution >= 0.6 is 0 Å². The Bertz CT molecular complexity index is 1210. The van der Waals surface area contributed by atoms with Gasteiger partial charge in [-0.1, -0.05) is 6.07 Å². The van der Waals surface area contributed by atoms with E-state index < -0.39 is 5.91 Å². The second-order valence-corrected chi connectivity index (χ2v) is 5.92. The van der Waals surface area contributed by atoms with Crippen LogP contribution < -0.4 is 10.9 Å². The maximum atomic E-state index is 12.8. The Labute approximate surface area is 153 Å². The number of carbonyl (C=O) groups is 1. The summed E-state index contributed by atoms with van der Waals surface area (Å²) in [6, 6.07) is 6.82. The summed E-state index contributed by atoms with van der Waals surface area (Å²) in [5, 5.41) is 7.47. The summed E-state index contributed by atoms with van der Waals surface area (Å²) in [7, 11) is 3.43. The van der Waals surface area contributed by atoms with Crippen molar-refractivity contribution in [3.63, 3.8) is 0 Å². The van der Waals surface area contributed by atoms with Gasteiger partial charge in [-0.15, -0.1) is 0 Å². The first kappa shape index (κ1) is 16.6. The zero-order chi connectivity index (χ0) is 19.0. The maximum Gasteiger partial charge on any atom is 0.275 e. The molecule has 134 valence electrons. The van der Waals surface area contributed by atoms with Gasteiger partial charge in [-0.2, -0.15) is 5.10 Å². The molecule has 3 aromatic heterocycles. The van der Waals surface area contributed by atoms with Crippen molar-refractivity contribution < 1.29 is 4.79 Å². The SMILES string of the molecule is Cn1ccc(-c2nc3c(NC(=O)c4cnccn4)cccc3c(=O)n2C)n1. The molecule has 0 aliphatic rings. The molecule has 1 aromatic carbocycles. The summed E-state index contributed by atoms with van der Waals surface area (Å²) in [5.41, 5.74) is 1.31. The zero-order valence-electron chi connectivity index (χ0n) is 14.6. The lowest BCUT2D eigenvalue weighted by atomic mass is 10.2. The van der Waals surface area contributed by atoms with Crippen LogP contribution in [-0.4, -0.2) is 35.2 Å². The van der Waals surface area contributed by atoms with Crippen LogP contribution in [0.4, 0.5) is 5.69 Å². The van der Waals surface area contributed by atoms with Crippen LogP contribution in [0.15, 0.2) is 53.8 Å². The van der Waals surface area contributed by atoms with E-state index in [2.05, 4.69) is 25.4 Å². The van der Waals surface area contributed by atoms with Crippen molar-refractivity contribution in [1.29, 1.82) is 0 Å². The first-order chi connectivity index (χ1) is 13.0. The third-order valence-electron chi connectivity index (χ3n) is 4.09. The number of rotatable bonds is 3. The first-order valence-corrected chi connectivity index (χ1v) is 8.12. The van der Waals surface area contributed by atoms with Crippen molar-refractivity contribution in [2.75, 3.05) is 5.32 Å². The fourth-order valence-electron chi connectivity index (χ4n) is 2.76. The molecule has 0 atom stereocenters. The van der Waals surface area contributed by atoms with E-state index >= 15 is 0 Å². The molecule has 27 heavy (non-hydrogen) atoms. The smallest absolute Gasteiger partial charge is 0.275 e. The Hall–Kier alpha value is -3.88. The standard InChI is InChI=1S/C18H15N7O2/c1-24-9-6-13(23-24)16-22-15-11(18(27)25(16)2)4-3-5-12(15)21-17(26)14-10-19-7-8-20-14/h3-10H,1-2H3,(H,21,26). The molecule has 0 saturated carbocycles. The number of hydrogen-bond acceptors (Lipinski definition) is 6. The topological polar surface area (TPSA) is 108 Å². The van der Waals surface area contributed by atoms with E-state index in [1.54, 1.807) is 49.2 Å². The molecule has 1 N–H and O–H groups in total. The van der Waals surface area contributed by atoms with Gasteiger partial charge in [-0.3, -0.25) is 23.8 Å². The lowest BCUT2D eigenvalue weighted by Gasteiger charge is -2.11. The van der Waals surface area contributed by atoms with Gasteiger partial charge in [0, 0.05) is 32.7 Å². The minimum absolute atomic E-state index is 0.170. The van der Waals surface area contributed by atoms with Gasteiger partial charge in [0.2, 0.25) is 0 Å². The molecule has 0 radical (unpaired) electrons. The zero-order valence-corrected chi connectivity index (χ0v) is 14.6. The largest absolute Gasteiger partial charge is 0.319 e. The van der Waals surface area contributed by atoms with E-state index in [-0.39, 0.29) is 11.3 Å². The Morgan fingerprint density at radius 2 is 2.00 bits per heavy atom. The average Bonchev–Trinajstić information content (AvgIpc) is 3.11. The van der Waals surface area contributed by atoms with Crippen LogP contribution in [0.25, 0.3) is 22.4 Å². The maximum absolute atomic E-state index is 12.8. The highest BCUT2D eigenvalue weighted by Crippen LogP contribution is 2.23. The first-order valence-electron chi connectivity index (χ1n) is 8.12. The number of para-hydroxylation sites is 1. The van der Waals surface area contributed by atoms with Crippen molar-refractivity contribution in [2.45, 2.75) is 0 Å². The van der Waals surface area contributed by atoms with Crippen molar-refractivity contribution in [1.82, 2.24) is 29.3 Å². The number of fused-ring (bicyclic) bond motifs is 1. The van der Waals surface area contributed by atoms with Crippen molar-refractivity contribution in [2.24, 2.45) is 14.1 Å². The Balaban J connectivity index is 1.86. The van der Waals surface area contributed by atoms with E-state index in [1.807, 2.05) is 0 Å². The molecule has 0 unspecified atom stereocenters. The van der Waals surface area contributed by atoms with E-state index in [1.165, 1.54) is 23.2 Å². The molecule has 4 rings (SSSR count). The molecule has 4 aromatic rings. The van der Waals surface area contributed by atoms with Gasteiger partial charge >= 0.3 is 0 Å². The van der Waals surface area contributed by atoms with Gasteiger partial charge in [0.05, 0.1) is 17.3 Å². The predicted molar refractivity (Wildman–Crippen MR) is 99.2 cm³/mol. The molecule has 0 spiro atoms. The highest BCUT2D eigenvalue weighted by molar-refractivity contribution is 6.07. The van der Waals surface area contributed by atoms with Crippen molar-refractivity contribution in [3.8, 4) is 11.5 Å². The van der Waals surface area contributed by atoms with E-state index in [0.29, 0.717) is 28.1 Å². The summed E-state index contributed by atoms with van der Waals surface area (Å²) < 4.78 is 3.08. The number of carbonyl (C=O) groups excluding carboxylic acids is 1. The van der Waals surface area contributed by atoms with Crippen molar-refractivity contribution in [3.05, 3.63) is 65.1 Å². The summed E-state index contributed by atoms with van der Waals surface area (Å²) in [4.78, 5) is 37.7. The fourth-order valence-corrected chi connectivity index (χ4v) is 2.76. The number of anilines is 1. The average molecular weight is 361 g/mol. The number of nitrogens with one attached hydrogen (secondary N) is 1. The van der Waals surface area contributed by atoms with Gasteiger partial charge in [-0.05, 0) is 18.2 Å². The number of nitrogens with zero attached hydrogens (tertiary/aromatic N) is 6. The molecule has 0 aliphatic carbocycles. The second kappa shape index (κ2) is 6.45. The van der Waals surface area contributed by atoms with Crippen LogP contribution in [-0.2, 0) is 14.1 Å². The lowest BCUT2D eigenvalue weighted by molar-refractivity contribution is 0.102. The monoisotopic (exact) mass is 361 g/mol. The Morgan fingerprint density at radius 3 is 2.70 bits per heavy atom. The summed E-state index contributed by atoms with van der Waals surface area (Å²) >= 11 is 0. The van der Waals surface area contributed by atoms with Crippen LogP contribution in [0.3, 0.4) is 0 Å². The van der Waals surface area contributed by atoms with E-state index in [9.17, 15) is 9.59 Å². The molecule has 0 bridgehead atoms. The molecular weight excluding hydrogens is 346 g/mol. The normalized spacial score (nSPS) is 10.9. The fraction of sp³-hybridized carbons (Fsp3) is 0.111. The molecule has 0 saturated heterocycles. The number of amides is 1. The number of hydrogen-bond donors (Lipinski definition) is 1. The molecule has 1 amide bonds. The van der Waals surface area contributed by atoms with Gasteiger partial charge in [0.15, 0.2) is 5.82 Å². The quantitative estimate of drug-likeness (QED) is 0.591. The molecule has 0 fully saturated rings. The second-order valence-electron chi connectivity index (χ2n) is 5.92. The van der Waals surface area contributed by atoms with Gasteiger partial charge in [-0.25, -0.2) is 9.97 Å². The Kier molecular flexibility index (Phi) is 3.96. The van der Waals surface area contributed by atoms with E-state index in [0.717, 1.165) is 0 Å². The number of aryl methyl sites for hydroxylation is 1. The van der Waals surface area contributed by atoms with Gasteiger partial charge in [0.1, 0.15) is 16.9 Å². The van der Waals surface area contributed by atoms with Crippen LogP contribution in [0.1, 0.15) is 10.5 Å². The third-order valence-corrected chi connectivity index (χ3v) is 4.09. The molecule has 9 nitrogen and oxygen atoms in total. The summed E-state index contributed by atoms with van der Waals surface area (Å²) in [6.07, 6.45) is 6.06. The third kappa shape index (κ3) is 2.95. The van der Waals surface area contributed by atoms with Gasteiger partial charge in [0.25, 0.3) is 11.5 Å². The molecular formula is C18H15N7O2. The predicted octanol–water partition coefficient (Wildman–Crippen LogP) is 1.38. The Morgan fingerprint density at radius 1 is 1.15 bits per heavy atom. The van der Waals surface area contributed by atoms with Crippen LogP contribution in [0.2, 0.25) is 0 Å². The van der Waals surface area contributed by atoms with Crippen LogP contribution in [0, 0.1) is 0 Å². The highest BCUT2D eigenvalue weighted by atomic mass is 16.2. The van der Waals surface area contributed by atoms with Crippen molar-refractivity contribution >= 4 is 22.5 Å².